The Balaban J connectivity index is 1.07. The molecule has 0 radical (unpaired) electrons. The molecule has 3 fully saturated rings. The van der Waals surface area contributed by atoms with E-state index in [1.165, 1.54) is 0 Å². The Morgan fingerprint density at radius 2 is 2.09 bits per heavy atom. The van der Waals surface area contributed by atoms with Crippen molar-refractivity contribution in [2.45, 2.75) is 5.54 Å². The van der Waals surface area contributed by atoms with Crippen molar-refractivity contribution in [1.29, 1.82) is 0 Å². The highest BCUT2D eigenvalue weighted by Crippen LogP contribution is 2.91. The van der Waals surface area contributed by atoms with Crippen LogP contribution in [0.2, 0.25) is 0 Å². The largest absolute Gasteiger partial charge is 0.492 e. The summed E-state index contributed by atoms with van der Waals surface area (Å²) in [5, 5.41) is 6.77. The average molecular weight is 475 g/mol. The maximum absolute atomic E-state index is 12.2. The van der Waals surface area contributed by atoms with Crippen molar-refractivity contribution in [1.82, 2.24) is 24.8 Å². The number of H-pyrrole nitrogens is 1. The highest BCUT2D eigenvalue weighted by Gasteiger charge is 3.02. The van der Waals surface area contributed by atoms with Crippen LogP contribution < -0.4 is 21.1 Å². The molecular formula is C24H26N8O3. The van der Waals surface area contributed by atoms with E-state index in [0.717, 1.165) is 44.3 Å². The standard InChI is InChI=1S/C24H26N8O3/c25-21(33)23-16-4-5-17(23)24(16,23)31-20-18-19(27-13-26-18)29-22(30-20)28-14-2-1-3-15(12-14)35-11-8-32-6-9-34-10-7-32/h1-5,12-13,16-17H,6-11H2,(H2,25,33)(H3,26,27,28,29,30,31)/t16-,17-,23-,24+/m1/s1. The Morgan fingerprint density at radius 1 is 1.26 bits per heavy atom. The first-order valence-corrected chi connectivity index (χ1v) is 11.9. The van der Waals surface area contributed by atoms with Crippen molar-refractivity contribution in [3.05, 3.63) is 42.7 Å². The molecule has 5 aliphatic rings. The van der Waals surface area contributed by atoms with Gasteiger partial charge in [-0.2, -0.15) is 9.97 Å². The Bertz CT molecular complexity index is 1330. The number of anilines is 3. The molecule has 1 aromatic carbocycles. The van der Waals surface area contributed by atoms with Gasteiger partial charge in [-0.1, -0.05) is 18.2 Å². The van der Waals surface area contributed by atoms with Crippen LogP contribution in [0.15, 0.2) is 42.7 Å². The summed E-state index contributed by atoms with van der Waals surface area (Å²) in [6, 6.07) is 7.72. The number of nitrogens with zero attached hydrogens (tertiary/aromatic N) is 4. The van der Waals surface area contributed by atoms with E-state index in [2.05, 4.69) is 42.6 Å². The first-order valence-electron chi connectivity index (χ1n) is 11.9. The highest BCUT2D eigenvalue weighted by atomic mass is 16.5. The van der Waals surface area contributed by atoms with Gasteiger partial charge in [-0.3, -0.25) is 9.69 Å². The van der Waals surface area contributed by atoms with Gasteiger partial charge in [0.1, 0.15) is 17.9 Å². The zero-order valence-electron chi connectivity index (χ0n) is 19.0. The molecule has 1 saturated heterocycles. The van der Waals surface area contributed by atoms with E-state index in [4.69, 9.17) is 20.2 Å². The first-order chi connectivity index (χ1) is 17.1. The van der Waals surface area contributed by atoms with Gasteiger partial charge in [-0.25, -0.2) is 4.98 Å². The number of hydrogen-bond acceptors (Lipinski definition) is 9. The summed E-state index contributed by atoms with van der Waals surface area (Å²) in [4.78, 5) is 31.2. The fourth-order valence-electron chi connectivity index (χ4n) is 6.08. The second-order valence-electron chi connectivity index (χ2n) is 9.52. The summed E-state index contributed by atoms with van der Waals surface area (Å²) in [7, 11) is 0. The SMILES string of the molecule is NC(=O)[C@]12[C@H]3C=C[C@H]1[C@]32Nc1nc(Nc2cccc(OCCN3CCOCC3)c2)nc2[nH]cnc12. The van der Waals surface area contributed by atoms with Crippen LogP contribution in [0.3, 0.4) is 0 Å². The van der Waals surface area contributed by atoms with Gasteiger partial charge in [0, 0.05) is 43.2 Å². The lowest BCUT2D eigenvalue weighted by Gasteiger charge is -2.26. The van der Waals surface area contributed by atoms with Crippen molar-refractivity contribution >= 4 is 34.5 Å². The molecule has 35 heavy (non-hydrogen) atoms. The zero-order chi connectivity index (χ0) is 23.6. The van der Waals surface area contributed by atoms with Crippen LogP contribution in [0.4, 0.5) is 17.5 Å². The maximum atomic E-state index is 12.2. The van der Waals surface area contributed by atoms with Crippen LogP contribution in [0.1, 0.15) is 0 Å². The average Bonchev–Trinajstić information content (AvgIpc) is 3.29. The second-order valence-corrected chi connectivity index (χ2v) is 9.52. The third-order valence-corrected chi connectivity index (χ3v) is 7.86. The van der Waals surface area contributed by atoms with Crippen molar-refractivity contribution < 1.29 is 14.3 Å². The number of carbonyl (C=O) groups excluding carboxylic acids is 1. The number of nitrogens with one attached hydrogen (secondary N) is 3. The predicted molar refractivity (Wildman–Crippen MR) is 128 cm³/mol. The smallest absolute Gasteiger partial charge is 0.231 e. The molecule has 0 unspecified atom stereocenters. The number of carbonyl (C=O) groups is 1. The van der Waals surface area contributed by atoms with Crippen LogP contribution >= 0.6 is 0 Å². The van der Waals surface area contributed by atoms with Crippen LogP contribution in [0.25, 0.3) is 11.2 Å². The Hall–Kier alpha value is -3.70. The summed E-state index contributed by atoms with van der Waals surface area (Å²) < 4.78 is 11.4. The monoisotopic (exact) mass is 474 g/mol. The zero-order valence-corrected chi connectivity index (χ0v) is 19.0. The summed E-state index contributed by atoms with van der Waals surface area (Å²) in [5.41, 5.74) is 6.90. The number of primary amides is 1. The topological polar surface area (TPSA) is 143 Å². The molecular weight excluding hydrogens is 448 g/mol. The predicted octanol–water partition coefficient (Wildman–Crippen LogP) is 1.26. The molecule has 2 atom stereocenters. The molecule has 1 amide bonds. The lowest BCUT2D eigenvalue weighted by atomic mass is 10.0. The minimum atomic E-state index is -0.513. The van der Waals surface area contributed by atoms with Gasteiger partial charge in [-0.15, -0.1) is 0 Å². The Labute approximate surface area is 201 Å². The lowest BCUT2D eigenvalue weighted by molar-refractivity contribution is -0.121. The van der Waals surface area contributed by atoms with E-state index >= 15 is 0 Å². The number of benzene rings is 1. The summed E-state index contributed by atoms with van der Waals surface area (Å²) in [6.07, 6.45) is 5.74. The van der Waals surface area contributed by atoms with E-state index in [1.54, 1.807) is 6.33 Å². The fraction of sp³-hybridized carbons (Fsp3) is 0.417. The van der Waals surface area contributed by atoms with Crippen molar-refractivity contribution in [2.24, 2.45) is 23.0 Å². The molecule has 11 nitrogen and oxygen atoms in total. The lowest BCUT2D eigenvalue weighted by Crippen LogP contribution is -2.38. The third kappa shape index (κ3) is 2.91. The van der Waals surface area contributed by atoms with E-state index in [1.807, 2.05) is 24.3 Å². The molecule has 1 aliphatic heterocycles. The molecule has 2 aromatic heterocycles. The number of ether oxygens (including phenoxy) is 2. The van der Waals surface area contributed by atoms with Gasteiger partial charge in [-0.05, 0) is 12.1 Å². The van der Waals surface area contributed by atoms with Gasteiger partial charge >= 0.3 is 0 Å². The Kier molecular flexibility index (Phi) is 4.37. The minimum Gasteiger partial charge on any atom is -0.492 e. The van der Waals surface area contributed by atoms with Crippen LogP contribution in [-0.2, 0) is 9.53 Å². The highest BCUT2D eigenvalue weighted by molar-refractivity contribution is 6.00. The molecule has 3 heterocycles. The molecule has 11 heteroatoms. The van der Waals surface area contributed by atoms with Crippen LogP contribution in [0.5, 0.6) is 5.75 Å². The van der Waals surface area contributed by atoms with E-state index in [-0.39, 0.29) is 23.3 Å². The van der Waals surface area contributed by atoms with Crippen molar-refractivity contribution in [3.63, 3.8) is 0 Å². The van der Waals surface area contributed by atoms with Crippen molar-refractivity contribution in [3.8, 4) is 5.75 Å². The van der Waals surface area contributed by atoms with Crippen LogP contribution in [-0.4, -0.2) is 75.7 Å². The number of morpholine rings is 1. The summed E-state index contributed by atoms with van der Waals surface area (Å²) in [5.74, 6) is 1.73. The third-order valence-electron chi connectivity index (χ3n) is 7.86. The van der Waals surface area contributed by atoms with Crippen molar-refractivity contribution in [2.75, 3.05) is 50.1 Å². The summed E-state index contributed by atoms with van der Waals surface area (Å²) in [6.45, 7) is 4.90. The minimum absolute atomic E-state index is 0.115. The fourth-order valence-corrected chi connectivity index (χ4v) is 6.08. The molecule has 4 aliphatic carbocycles. The molecule has 3 aromatic rings. The first kappa shape index (κ1) is 20.7. The second kappa shape index (κ2) is 7.40. The summed E-state index contributed by atoms with van der Waals surface area (Å²) >= 11 is 0. The molecule has 2 saturated carbocycles. The van der Waals surface area contributed by atoms with Gasteiger partial charge in [0.05, 0.1) is 30.5 Å². The molecule has 180 valence electrons. The van der Waals surface area contributed by atoms with E-state index in [9.17, 15) is 4.79 Å². The van der Waals surface area contributed by atoms with Crippen LogP contribution in [0, 0.1) is 17.3 Å². The normalized spacial score (nSPS) is 30.2. The van der Waals surface area contributed by atoms with Gasteiger partial charge in [0.2, 0.25) is 11.9 Å². The van der Waals surface area contributed by atoms with Gasteiger partial charge < -0.3 is 30.8 Å². The number of imidazole rings is 1. The maximum Gasteiger partial charge on any atom is 0.231 e. The molecule has 2 bridgehead atoms. The number of amides is 1. The number of nitrogens with two attached hydrogens (primary N) is 1. The number of aromatic nitrogens is 4. The van der Waals surface area contributed by atoms with E-state index in [0.29, 0.717) is 29.5 Å². The van der Waals surface area contributed by atoms with E-state index < -0.39 is 5.41 Å². The number of rotatable bonds is 9. The quantitative estimate of drug-likeness (QED) is 0.337. The molecule has 0 spiro atoms. The van der Waals surface area contributed by atoms with Gasteiger partial charge in [0.15, 0.2) is 11.5 Å². The Morgan fingerprint density at radius 3 is 2.86 bits per heavy atom. The van der Waals surface area contributed by atoms with Gasteiger partial charge in [0.25, 0.3) is 0 Å². The molecule has 5 N–H and O–H groups in total. The number of fused-ring (bicyclic) bond motifs is 1. The number of hydrogen-bond donors (Lipinski definition) is 4. The number of aromatic amines is 1. The molecule has 8 rings (SSSR count).